The van der Waals surface area contributed by atoms with E-state index < -0.39 is 0 Å². The molecule has 0 unspecified atom stereocenters. The molecule has 0 aliphatic carbocycles. The Morgan fingerprint density at radius 3 is 2.58 bits per heavy atom. The lowest BCUT2D eigenvalue weighted by molar-refractivity contribution is 0.0937. The third-order valence-electron chi connectivity index (χ3n) is 3.94. The summed E-state index contributed by atoms with van der Waals surface area (Å²) < 4.78 is 4.97. The molecule has 1 fully saturated rings. The lowest BCUT2D eigenvalue weighted by Crippen LogP contribution is -2.30. The Bertz CT molecular complexity index is 583. The van der Waals surface area contributed by atoms with E-state index in [0.29, 0.717) is 24.4 Å². The molecule has 3 amide bonds. The van der Waals surface area contributed by atoms with Gasteiger partial charge in [-0.05, 0) is 31.0 Å². The van der Waals surface area contributed by atoms with Gasteiger partial charge in [0.05, 0.1) is 12.2 Å². The van der Waals surface area contributed by atoms with Gasteiger partial charge in [-0.3, -0.25) is 4.79 Å². The van der Waals surface area contributed by atoms with Gasteiger partial charge in [0.1, 0.15) is 0 Å². The molecule has 7 heteroatoms. The van der Waals surface area contributed by atoms with Crippen molar-refractivity contribution in [2.24, 2.45) is 0 Å². The van der Waals surface area contributed by atoms with Crippen molar-refractivity contribution in [2.45, 2.75) is 12.8 Å². The summed E-state index contributed by atoms with van der Waals surface area (Å²) in [5.41, 5.74) is 2.09. The third-order valence-corrected chi connectivity index (χ3v) is 3.94. The fraction of sp³-hybridized carbons (Fsp3) is 0.529. The van der Waals surface area contributed by atoms with Crippen LogP contribution in [0, 0.1) is 0 Å². The fourth-order valence-electron chi connectivity index (χ4n) is 2.63. The van der Waals surface area contributed by atoms with Crippen LogP contribution >= 0.6 is 0 Å². The Balaban J connectivity index is 2.23. The molecule has 1 aromatic carbocycles. The molecular weight excluding hydrogens is 308 g/mol. The van der Waals surface area contributed by atoms with Crippen LogP contribution in [-0.2, 0) is 4.74 Å². The Kier molecular flexibility index (Phi) is 6.43. The van der Waals surface area contributed by atoms with Crippen LogP contribution in [0.15, 0.2) is 18.2 Å². The lowest BCUT2D eigenvalue weighted by atomic mass is 10.1. The summed E-state index contributed by atoms with van der Waals surface area (Å²) in [6, 6.07) is 5.25. The maximum atomic E-state index is 12.6. The smallest absolute Gasteiger partial charge is 0.321 e. The van der Waals surface area contributed by atoms with Crippen molar-refractivity contribution < 1.29 is 14.3 Å². The molecule has 1 aliphatic heterocycles. The van der Waals surface area contributed by atoms with Crippen LogP contribution in [0.2, 0.25) is 0 Å². The molecule has 2 rings (SSSR count). The molecule has 2 N–H and O–H groups in total. The topological polar surface area (TPSA) is 73.9 Å². The van der Waals surface area contributed by atoms with Gasteiger partial charge < -0.3 is 25.2 Å². The second-order valence-corrected chi connectivity index (χ2v) is 6.00. The normalized spacial score (nSPS) is 13.7. The number of carbonyl (C=O) groups is 2. The number of rotatable bonds is 6. The number of benzene rings is 1. The molecule has 1 heterocycles. The molecule has 0 bridgehead atoms. The van der Waals surface area contributed by atoms with Gasteiger partial charge in [0.2, 0.25) is 0 Å². The van der Waals surface area contributed by atoms with Crippen molar-refractivity contribution in [1.29, 1.82) is 0 Å². The van der Waals surface area contributed by atoms with E-state index >= 15 is 0 Å². The number of hydrogen-bond acceptors (Lipinski definition) is 4. The highest BCUT2D eigenvalue weighted by atomic mass is 16.5. The summed E-state index contributed by atoms with van der Waals surface area (Å²) >= 11 is 0. The average Bonchev–Trinajstić information content (AvgIpc) is 3.09. The number of anilines is 2. The van der Waals surface area contributed by atoms with Gasteiger partial charge in [0.25, 0.3) is 5.91 Å². The van der Waals surface area contributed by atoms with Gasteiger partial charge >= 0.3 is 6.03 Å². The molecule has 0 spiro atoms. The summed E-state index contributed by atoms with van der Waals surface area (Å²) in [6.45, 7) is 2.80. The monoisotopic (exact) mass is 334 g/mol. The van der Waals surface area contributed by atoms with Crippen LogP contribution in [0.4, 0.5) is 16.2 Å². The molecule has 132 valence electrons. The molecule has 1 saturated heterocycles. The summed E-state index contributed by atoms with van der Waals surface area (Å²) in [6.07, 6.45) is 2.26. The van der Waals surface area contributed by atoms with Gasteiger partial charge in [0.15, 0.2) is 0 Å². The van der Waals surface area contributed by atoms with Gasteiger partial charge in [-0.15, -0.1) is 0 Å². The van der Waals surface area contributed by atoms with E-state index in [4.69, 9.17) is 4.74 Å². The van der Waals surface area contributed by atoms with E-state index in [2.05, 4.69) is 15.5 Å². The van der Waals surface area contributed by atoms with E-state index in [1.807, 2.05) is 12.1 Å². The highest BCUT2D eigenvalue weighted by molar-refractivity contribution is 6.02. The Morgan fingerprint density at radius 2 is 1.96 bits per heavy atom. The quantitative estimate of drug-likeness (QED) is 0.778. The van der Waals surface area contributed by atoms with Gasteiger partial charge in [0, 0.05) is 52.2 Å². The number of urea groups is 1. The molecule has 7 nitrogen and oxygen atoms in total. The highest BCUT2D eigenvalue weighted by Gasteiger charge is 2.20. The maximum Gasteiger partial charge on any atom is 0.321 e. The maximum absolute atomic E-state index is 12.6. The van der Waals surface area contributed by atoms with Crippen molar-refractivity contribution in [3.05, 3.63) is 23.8 Å². The number of nitrogens with one attached hydrogen (secondary N) is 2. The zero-order valence-electron chi connectivity index (χ0n) is 14.6. The number of carbonyl (C=O) groups excluding carboxylic acids is 2. The van der Waals surface area contributed by atoms with Crippen LogP contribution < -0.4 is 15.5 Å². The third kappa shape index (κ3) is 4.61. The second-order valence-electron chi connectivity index (χ2n) is 6.00. The first-order valence-electron chi connectivity index (χ1n) is 8.17. The first kappa shape index (κ1) is 18.1. The first-order valence-corrected chi connectivity index (χ1v) is 8.17. The minimum Gasteiger partial charge on any atom is -0.383 e. The molecule has 1 aromatic rings. The van der Waals surface area contributed by atoms with E-state index in [0.717, 1.165) is 31.6 Å². The number of ether oxygens (including phenoxy) is 1. The van der Waals surface area contributed by atoms with Crippen molar-refractivity contribution in [1.82, 2.24) is 10.2 Å². The summed E-state index contributed by atoms with van der Waals surface area (Å²) in [5, 5.41) is 5.64. The van der Waals surface area contributed by atoms with Crippen LogP contribution in [-0.4, -0.2) is 64.3 Å². The van der Waals surface area contributed by atoms with E-state index in [-0.39, 0.29) is 11.9 Å². The Labute approximate surface area is 142 Å². The molecular formula is C17H26N4O3. The minimum atomic E-state index is -0.227. The van der Waals surface area contributed by atoms with Crippen molar-refractivity contribution >= 4 is 23.3 Å². The zero-order chi connectivity index (χ0) is 17.5. The minimum absolute atomic E-state index is 0.157. The second kappa shape index (κ2) is 8.54. The summed E-state index contributed by atoms with van der Waals surface area (Å²) in [7, 11) is 4.94. The number of methoxy groups -OCH3 is 1. The van der Waals surface area contributed by atoms with Crippen molar-refractivity contribution in [2.75, 3.05) is 57.7 Å². The number of hydrogen-bond donors (Lipinski definition) is 2. The van der Waals surface area contributed by atoms with Crippen LogP contribution in [0.3, 0.4) is 0 Å². The summed E-state index contributed by atoms with van der Waals surface area (Å²) in [5.74, 6) is -0.157. The largest absolute Gasteiger partial charge is 0.383 e. The molecule has 0 radical (unpaired) electrons. The number of amides is 3. The number of nitrogens with zero attached hydrogens (tertiary/aromatic N) is 2. The lowest BCUT2D eigenvalue weighted by Gasteiger charge is -2.22. The predicted octanol–water partition coefficient (Wildman–Crippen LogP) is 1.76. The first-order chi connectivity index (χ1) is 11.5. The SMILES string of the molecule is COCCNC(=O)c1cc(NC(=O)N(C)C)ccc1N1CCCC1. The van der Waals surface area contributed by atoms with Gasteiger partial charge in [-0.2, -0.15) is 0 Å². The Hall–Kier alpha value is -2.28. The zero-order valence-corrected chi connectivity index (χ0v) is 14.6. The van der Waals surface area contributed by atoms with E-state index in [9.17, 15) is 9.59 Å². The predicted molar refractivity (Wildman–Crippen MR) is 94.8 cm³/mol. The van der Waals surface area contributed by atoms with Crippen LogP contribution in [0.25, 0.3) is 0 Å². The van der Waals surface area contributed by atoms with E-state index in [1.165, 1.54) is 4.90 Å². The molecule has 0 saturated carbocycles. The molecule has 1 aliphatic rings. The average molecular weight is 334 g/mol. The van der Waals surface area contributed by atoms with Gasteiger partial charge in [-0.1, -0.05) is 0 Å². The molecule has 0 atom stereocenters. The van der Waals surface area contributed by atoms with Crippen molar-refractivity contribution in [3.8, 4) is 0 Å². The van der Waals surface area contributed by atoms with Crippen molar-refractivity contribution in [3.63, 3.8) is 0 Å². The Morgan fingerprint density at radius 1 is 1.25 bits per heavy atom. The summed E-state index contributed by atoms with van der Waals surface area (Å²) in [4.78, 5) is 28.0. The highest BCUT2D eigenvalue weighted by Crippen LogP contribution is 2.27. The fourth-order valence-corrected chi connectivity index (χ4v) is 2.63. The molecule has 24 heavy (non-hydrogen) atoms. The van der Waals surface area contributed by atoms with Crippen LogP contribution in [0.5, 0.6) is 0 Å². The standard InChI is InChI=1S/C17H26N4O3/c1-20(2)17(23)19-13-6-7-15(21-9-4-5-10-21)14(12-13)16(22)18-8-11-24-3/h6-7,12H,4-5,8-11H2,1-3H3,(H,18,22)(H,19,23). The van der Waals surface area contributed by atoms with Crippen LogP contribution in [0.1, 0.15) is 23.2 Å². The van der Waals surface area contributed by atoms with Gasteiger partial charge in [-0.25, -0.2) is 4.79 Å². The molecule has 0 aromatic heterocycles. The van der Waals surface area contributed by atoms with E-state index in [1.54, 1.807) is 27.3 Å².